The van der Waals surface area contributed by atoms with Crippen molar-refractivity contribution in [3.05, 3.63) is 36.1 Å². The highest BCUT2D eigenvalue weighted by Gasteiger charge is 2.13. The van der Waals surface area contributed by atoms with Crippen LogP contribution in [-0.2, 0) is 0 Å². The van der Waals surface area contributed by atoms with Crippen LogP contribution in [0.1, 0.15) is 36.0 Å². The number of Topliss-reactive ketones (excluding diaryl/α,β-unsaturated/α-hetero) is 1. The minimum atomic E-state index is 0.0132. The van der Waals surface area contributed by atoms with Gasteiger partial charge in [0, 0.05) is 12.8 Å². The molecule has 0 unspecified atom stereocenters. The van der Waals surface area contributed by atoms with Gasteiger partial charge in [-0.25, -0.2) is 0 Å². The van der Waals surface area contributed by atoms with Crippen molar-refractivity contribution in [3.63, 3.8) is 0 Å². The summed E-state index contributed by atoms with van der Waals surface area (Å²) in [5, 5.41) is 8.97. The molecule has 0 saturated heterocycles. The van der Waals surface area contributed by atoms with Gasteiger partial charge >= 0.3 is 0 Å². The van der Waals surface area contributed by atoms with Crippen LogP contribution in [0.2, 0.25) is 0 Å². The lowest BCUT2D eigenvalue weighted by atomic mass is 10.0. The minimum Gasteiger partial charge on any atom is -0.513 e. The zero-order valence-electron chi connectivity index (χ0n) is 11.4. The number of aliphatic hydroxyl groups is 1. The van der Waals surface area contributed by atoms with E-state index in [1.165, 1.54) is 7.11 Å². The van der Waals surface area contributed by atoms with Crippen molar-refractivity contribution in [2.45, 2.75) is 25.7 Å². The predicted octanol–water partition coefficient (Wildman–Crippen LogP) is 3.52. The van der Waals surface area contributed by atoms with Gasteiger partial charge in [-0.3, -0.25) is 4.79 Å². The lowest BCUT2D eigenvalue weighted by Crippen LogP contribution is -2.03. The molecule has 1 aromatic carbocycles. The molecule has 0 aromatic heterocycles. The Hall–Kier alpha value is -1.97. The van der Waals surface area contributed by atoms with E-state index < -0.39 is 0 Å². The minimum absolute atomic E-state index is 0.0132. The van der Waals surface area contributed by atoms with Crippen molar-refractivity contribution in [1.29, 1.82) is 0 Å². The van der Waals surface area contributed by atoms with E-state index in [9.17, 15) is 4.79 Å². The maximum absolute atomic E-state index is 12.1. The average molecular weight is 264 g/mol. The van der Waals surface area contributed by atoms with Crippen LogP contribution >= 0.6 is 0 Å². The fourth-order valence-corrected chi connectivity index (χ4v) is 1.78. The van der Waals surface area contributed by atoms with Gasteiger partial charge in [-0.2, -0.15) is 0 Å². The number of unbranched alkanes of at least 4 members (excludes halogenated alkanes) is 1. The van der Waals surface area contributed by atoms with Crippen LogP contribution in [-0.4, -0.2) is 25.1 Å². The van der Waals surface area contributed by atoms with Crippen molar-refractivity contribution in [3.8, 4) is 11.5 Å². The topological polar surface area (TPSA) is 55.8 Å². The molecule has 0 bridgehead atoms. The lowest BCUT2D eigenvalue weighted by molar-refractivity contribution is 0.0975. The molecule has 19 heavy (non-hydrogen) atoms. The molecule has 4 heteroatoms. The quantitative estimate of drug-likeness (QED) is 0.443. The summed E-state index contributed by atoms with van der Waals surface area (Å²) in [6.45, 7) is 3.41. The summed E-state index contributed by atoms with van der Waals surface area (Å²) in [6, 6.07) is 5.17. The van der Waals surface area contributed by atoms with Gasteiger partial charge in [-0.15, -0.1) is 0 Å². The maximum atomic E-state index is 12.1. The summed E-state index contributed by atoms with van der Waals surface area (Å²) in [5.41, 5.74) is 0.532. The first kappa shape index (κ1) is 15.1. The molecular formula is C15H20O4. The van der Waals surface area contributed by atoms with Gasteiger partial charge in [0.05, 0.1) is 25.5 Å². The third-order valence-electron chi connectivity index (χ3n) is 2.83. The van der Waals surface area contributed by atoms with Crippen LogP contribution in [0.3, 0.4) is 0 Å². The van der Waals surface area contributed by atoms with Gasteiger partial charge in [0.15, 0.2) is 5.78 Å². The smallest absolute Gasteiger partial charge is 0.166 e. The monoisotopic (exact) mass is 264 g/mol. The first-order valence-corrected chi connectivity index (χ1v) is 6.20. The maximum Gasteiger partial charge on any atom is 0.166 e. The van der Waals surface area contributed by atoms with E-state index in [1.54, 1.807) is 25.3 Å². The van der Waals surface area contributed by atoms with Crippen LogP contribution in [0.5, 0.6) is 11.5 Å². The summed E-state index contributed by atoms with van der Waals surface area (Å²) in [5.74, 6) is 1.36. The van der Waals surface area contributed by atoms with E-state index in [1.807, 2.05) is 0 Å². The molecule has 0 spiro atoms. The third-order valence-corrected chi connectivity index (χ3v) is 2.83. The normalized spacial score (nSPS) is 10.0. The highest BCUT2D eigenvalue weighted by Crippen LogP contribution is 2.25. The van der Waals surface area contributed by atoms with E-state index >= 15 is 0 Å². The molecule has 0 radical (unpaired) electrons. The number of methoxy groups -OCH3 is 2. The largest absolute Gasteiger partial charge is 0.513 e. The first-order chi connectivity index (χ1) is 9.08. The van der Waals surface area contributed by atoms with Crippen LogP contribution in [0, 0.1) is 0 Å². The summed E-state index contributed by atoms with van der Waals surface area (Å²) >= 11 is 0. The molecule has 0 saturated carbocycles. The van der Waals surface area contributed by atoms with Crippen molar-refractivity contribution in [1.82, 2.24) is 0 Å². The van der Waals surface area contributed by atoms with Crippen molar-refractivity contribution >= 4 is 5.78 Å². The summed E-state index contributed by atoms with van der Waals surface area (Å²) in [4.78, 5) is 12.1. The number of ether oxygens (including phenoxy) is 2. The van der Waals surface area contributed by atoms with Crippen molar-refractivity contribution < 1.29 is 19.4 Å². The molecule has 1 N–H and O–H groups in total. The molecule has 0 atom stereocenters. The SMILES string of the molecule is C=C(O)CCCCC(=O)c1cc(OC)ccc1OC. The molecule has 1 aromatic rings. The molecule has 0 aliphatic rings. The van der Waals surface area contributed by atoms with Crippen molar-refractivity contribution in [2.75, 3.05) is 14.2 Å². The van der Waals surface area contributed by atoms with Crippen molar-refractivity contribution in [2.24, 2.45) is 0 Å². The Morgan fingerprint density at radius 1 is 1.21 bits per heavy atom. The van der Waals surface area contributed by atoms with E-state index in [0.717, 1.165) is 6.42 Å². The Morgan fingerprint density at radius 3 is 2.47 bits per heavy atom. The number of hydrogen-bond donors (Lipinski definition) is 1. The zero-order valence-corrected chi connectivity index (χ0v) is 11.4. The van der Waals surface area contributed by atoms with Gasteiger partial charge in [-0.1, -0.05) is 6.58 Å². The van der Waals surface area contributed by atoms with Gasteiger partial charge in [0.25, 0.3) is 0 Å². The van der Waals surface area contributed by atoms with Crippen LogP contribution < -0.4 is 9.47 Å². The fourth-order valence-electron chi connectivity index (χ4n) is 1.78. The van der Waals surface area contributed by atoms with Gasteiger partial charge in [0.2, 0.25) is 0 Å². The first-order valence-electron chi connectivity index (χ1n) is 6.20. The van der Waals surface area contributed by atoms with Crippen LogP contribution in [0.25, 0.3) is 0 Å². The van der Waals surface area contributed by atoms with Gasteiger partial charge < -0.3 is 14.6 Å². The number of benzene rings is 1. The summed E-state index contributed by atoms with van der Waals surface area (Å²) in [6.07, 6.45) is 2.39. The Bertz CT molecular complexity index is 451. The number of carbonyl (C=O) groups excluding carboxylic acids is 1. The molecule has 104 valence electrons. The van der Waals surface area contributed by atoms with E-state index in [4.69, 9.17) is 14.6 Å². The number of ketones is 1. The molecule has 1 rings (SSSR count). The van der Waals surface area contributed by atoms with E-state index in [-0.39, 0.29) is 11.5 Å². The Balaban J connectivity index is 2.66. The lowest BCUT2D eigenvalue weighted by Gasteiger charge is -2.09. The molecule has 4 nitrogen and oxygen atoms in total. The Labute approximate surface area is 113 Å². The molecular weight excluding hydrogens is 244 g/mol. The second-order valence-corrected chi connectivity index (χ2v) is 4.26. The summed E-state index contributed by atoms with van der Waals surface area (Å²) in [7, 11) is 3.09. The second kappa shape index (κ2) is 7.46. The number of rotatable bonds is 8. The molecule has 0 aliphatic carbocycles. The zero-order chi connectivity index (χ0) is 14.3. The molecule has 0 aliphatic heterocycles. The Morgan fingerprint density at radius 2 is 1.89 bits per heavy atom. The highest BCUT2D eigenvalue weighted by molar-refractivity contribution is 5.99. The second-order valence-electron chi connectivity index (χ2n) is 4.26. The predicted molar refractivity (Wildman–Crippen MR) is 74.1 cm³/mol. The van der Waals surface area contributed by atoms with Gasteiger partial charge in [0.1, 0.15) is 11.5 Å². The van der Waals surface area contributed by atoms with Crippen LogP contribution in [0.15, 0.2) is 30.5 Å². The van der Waals surface area contributed by atoms with E-state index in [2.05, 4.69) is 6.58 Å². The fraction of sp³-hybridized carbons (Fsp3) is 0.400. The number of allylic oxidation sites excluding steroid dienone is 1. The molecule has 0 fully saturated rings. The number of hydrogen-bond acceptors (Lipinski definition) is 4. The Kier molecular flexibility index (Phi) is 5.93. The highest BCUT2D eigenvalue weighted by atomic mass is 16.5. The van der Waals surface area contributed by atoms with Crippen LogP contribution in [0.4, 0.5) is 0 Å². The van der Waals surface area contributed by atoms with Gasteiger partial charge in [-0.05, 0) is 31.0 Å². The standard InChI is InChI=1S/C15H20O4/c1-11(16)6-4-5-7-14(17)13-10-12(18-2)8-9-15(13)19-3/h8-10,16H,1,4-7H2,2-3H3. The third kappa shape index (κ3) is 4.66. The number of carbonyl (C=O) groups is 1. The molecule has 0 amide bonds. The average Bonchev–Trinajstić information content (AvgIpc) is 2.42. The summed E-state index contributed by atoms with van der Waals surface area (Å²) < 4.78 is 10.3. The molecule has 0 heterocycles. The van der Waals surface area contributed by atoms with E-state index in [0.29, 0.717) is 36.3 Å². The number of aliphatic hydroxyl groups excluding tert-OH is 1.